The molecule has 1 atom stereocenters. The van der Waals surface area contributed by atoms with Gasteiger partial charge in [0.25, 0.3) is 0 Å². The van der Waals surface area contributed by atoms with E-state index in [-0.39, 0.29) is 11.5 Å². The maximum atomic E-state index is 12.3. The van der Waals surface area contributed by atoms with Gasteiger partial charge in [-0.2, -0.15) is 0 Å². The van der Waals surface area contributed by atoms with Crippen molar-refractivity contribution in [3.63, 3.8) is 0 Å². The molecule has 1 aromatic carbocycles. The molecule has 1 fully saturated rings. The lowest BCUT2D eigenvalue weighted by atomic mass is 9.78. The fraction of sp³-hybridized carbons (Fsp3) is 0.522. The van der Waals surface area contributed by atoms with Gasteiger partial charge >= 0.3 is 6.09 Å². The lowest BCUT2D eigenvalue weighted by Crippen LogP contribution is -2.36. The van der Waals surface area contributed by atoms with E-state index >= 15 is 0 Å². The molecular weight excluding hydrogens is 336 g/mol. The molecule has 1 aromatic rings. The van der Waals surface area contributed by atoms with Gasteiger partial charge in [0, 0.05) is 19.6 Å². The summed E-state index contributed by atoms with van der Waals surface area (Å²) in [4.78, 5) is 16.3. The molecule has 1 aliphatic heterocycles. The van der Waals surface area contributed by atoms with E-state index < -0.39 is 0 Å². The Bertz CT molecular complexity index is 700. The Morgan fingerprint density at radius 3 is 2.37 bits per heavy atom. The standard InChI is InChI=1S/C23H32N2O2/c1-23(17-19-7-9-20(10-8-19)18-24(2)3)13-11-21(12-14-23)27-22(26)25-15-5-4-6-16-25/h7-13H,4-6,14-18H2,1-3H3. The van der Waals surface area contributed by atoms with Crippen LogP contribution in [0.4, 0.5) is 4.79 Å². The molecular formula is C23H32N2O2. The maximum Gasteiger partial charge on any atom is 0.415 e. The van der Waals surface area contributed by atoms with Crippen molar-refractivity contribution in [3.05, 3.63) is 59.4 Å². The van der Waals surface area contributed by atoms with Crippen molar-refractivity contribution in [1.29, 1.82) is 0 Å². The number of likely N-dealkylation sites (tertiary alicyclic amines) is 1. The minimum Gasteiger partial charge on any atom is -0.411 e. The number of ether oxygens (including phenoxy) is 1. The highest BCUT2D eigenvalue weighted by molar-refractivity contribution is 5.69. The Morgan fingerprint density at radius 1 is 1.11 bits per heavy atom. The third kappa shape index (κ3) is 5.70. The van der Waals surface area contributed by atoms with Crippen molar-refractivity contribution in [2.75, 3.05) is 27.2 Å². The SMILES string of the molecule is CN(C)Cc1ccc(CC2(C)C=CC(OC(=O)N3CCCCC3)=CC2)cc1. The van der Waals surface area contributed by atoms with Crippen LogP contribution in [0.5, 0.6) is 0 Å². The second-order valence-electron chi connectivity index (χ2n) is 8.44. The summed E-state index contributed by atoms with van der Waals surface area (Å²) in [5.74, 6) is 0.685. The number of amides is 1. The van der Waals surface area contributed by atoms with Crippen LogP contribution in [-0.4, -0.2) is 43.1 Å². The summed E-state index contributed by atoms with van der Waals surface area (Å²) in [5.41, 5.74) is 2.73. The summed E-state index contributed by atoms with van der Waals surface area (Å²) >= 11 is 0. The number of rotatable bonds is 5. The minimum absolute atomic E-state index is 0.0596. The lowest BCUT2D eigenvalue weighted by Gasteiger charge is -2.29. The van der Waals surface area contributed by atoms with Gasteiger partial charge in [0.05, 0.1) is 0 Å². The van der Waals surface area contributed by atoms with Crippen molar-refractivity contribution in [3.8, 4) is 0 Å². The van der Waals surface area contributed by atoms with E-state index in [2.05, 4.69) is 62.3 Å². The Labute approximate surface area is 163 Å². The number of carbonyl (C=O) groups is 1. The Kier molecular flexibility index (Phi) is 6.38. The predicted octanol–water partition coefficient (Wildman–Crippen LogP) is 4.76. The molecule has 3 rings (SSSR count). The molecule has 0 spiro atoms. The van der Waals surface area contributed by atoms with Crippen LogP contribution >= 0.6 is 0 Å². The van der Waals surface area contributed by atoms with E-state index in [1.54, 1.807) is 0 Å². The van der Waals surface area contributed by atoms with Crippen molar-refractivity contribution in [2.45, 2.75) is 45.6 Å². The fourth-order valence-corrected chi connectivity index (χ4v) is 3.80. The molecule has 0 aromatic heterocycles. The smallest absolute Gasteiger partial charge is 0.411 e. The van der Waals surface area contributed by atoms with E-state index in [4.69, 9.17) is 4.74 Å². The van der Waals surface area contributed by atoms with Gasteiger partial charge < -0.3 is 14.5 Å². The molecule has 2 aliphatic rings. The number of carbonyl (C=O) groups excluding carboxylic acids is 1. The van der Waals surface area contributed by atoms with Gasteiger partial charge in [-0.15, -0.1) is 0 Å². The number of hydrogen-bond acceptors (Lipinski definition) is 3. The molecule has 1 heterocycles. The largest absolute Gasteiger partial charge is 0.415 e. The number of nitrogens with zero attached hydrogens (tertiary/aromatic N) is 2. The van der Waals surface area contributed by atoms with Crippen LogP contribution in [0.1, 0.15) is 43.7 Å². The summed E-state index contributed by atoms with van der Waals surface area (Å²) in [6, 6.07) is 8.89. The van der Waals surface area contributed by atoms with Gasteiger partial charge in [0.1, 0.15) is 5.76 Å². The highest BCUT2D eigenvalue weighted by Gasteiger charge is 2.25. The molecule has 1 unspecified atom stereocenters. The first-order valence-electron chi connectivity index (χ1n) is 10.0. The van der Waals surface area contributed by atoms with Crippen molar-refractivity contribution >= 4 is 6.09 Å². The fourth-order valence-electron chi connectivity index (χ4n) is 3.80. The van der Waals surface area contributed by atoms with E-state index in [9.17, 15) is 4.79 Å². The summed E-state index contributed by atoms with van der Waals surface area (Å²) in [5, 5.41) is 0. The van der Waals surface area contributed by atoms with Gasteiger partial charge in [-0.3, -0.25) is 0 Å². The molecule has 4 nitrogen and oxygen atoms in total. The minimum atomic E-state index is -0.203. The number of hydrogen-bond donors (Lipinski definition) is 0. The van der Waals surface area contributed by atoms with Crippen LogP contribution in [0.2, 0.25) is 0 Å². The average molecular weight is 369 g/mol. The predicted molar refractivity (Wildman–Crippen MR) is 109 cm³/mol. The molecule has 1 saturated heterocycles. The summed E-state index contributed by atoms with van der Waals surface area (Å²) in [6.07, 6.45) is 11.2. The van der Waals surface area contributed by atoms with E-state index in [1.165, 1.54) is 17.5 Å². The van der Waals surface area contributed by atoms with Crippen LogP contribution in [0.3, 0.4) is 0 Å². The molecule has 0 bridgehead atoms. The van der Waals surface area contributed by atoms with Crippen LogP contribution in [0, 0.1) is 5.41 Å². The molecule has 0 N–H and O–H groups in total. The number of benzene rings is 1. The number of piperidine rings is 1. The summed E-state index contributed by atoms with van der Waals surface area (Å²) in [7, 11) is 4.17. The van der Waals surface area contributed by atoms with Gasteiger partial charge in [0.2, 0.25) is 0 Å². The third-order valence-electron chi connectivity index (χ3n) is 5.37. The molecule has 27 heavy (non-hydrogen) atoms. The van der Waals surface area contributed by atoms with Crippen molar-refractivity contribution < 1.29 is 9.53 Å². The molecule has 1 aliphatic carbocycles. The zero-order valence-corrected chi connectivity index (χ0v) is 16.9. The van der Waals surface area contributed by atoms with Crippen molar-refractivity contribution in [1.82, 2.24) is 9.80 Å². The maximum absolute atomic E-state index is 12.3. The topological polar surface area (TPSA) is 32.8 Å². The monoisotopic (exact) mass is 368 g/mol. The molecule has 146 valence electrons. The van der Waals surface area contributed by atoms with Gasteiger partial charge in [0.15, 0.2) is 0 Å². The zero-order chi connectivity index (χ0) is 19.3. The van der Waals surface area contributed by atoms with E-state index in [1.807, 2.05) is 11.0 Å². The molecule has 0 radical (unpaired) electrons. The molecule has 0 saturated carbocycles. The first-order valence-corrected chi connectivity index (χ1v) is 10.0. The van der Waals surface area contributed by atoms with E-state index in [0.29, 0.717) is 5.76 Å². The first kappa shape index (κ1) is 19.7. The third-order valence-corrected chi connectivity index (χ3v) is 5.37. The van der Waals surface area contributed by atoms with Crippen LogP contribution in [-0.2, 0) is 17.7 Å². The second kappa shape index (κ2) is 8.75. The quantitative estimate of drug-likeness (QED) is 0.751. The Morgan fingerprint density at radius 2 is 1.78 bits per heavy atom. The van der Waals surface area contributed by atoms with Crippen LogP contribution in [0.25, 0.3) is 0 Å². The zero-order valence-electron chi connectivity index (χ0n) is 16.9. The highest BCUT2D eigenvalue weighted by atomic mass is 16.6. The van der Waals surface area contributed by atoms with Crippen molar-refractivity contribution in [2.24, 2.45) is 5.41 Å². The normalized spacial score (nSPS) is 22.7. The molecule has 1 amide bonds. The highest BCUT2D eigenvalue weighted by Crippen LogP contribution is 2.33. The van der Waals surface area contributed by atoms with Crippen LogP contribution < -0.4 is 0 Å². The summed E-state index contributed by atoms with van der Waals surface area (Å²) < 4.78 is 5.58. The first-order chi connectivity index (χ1) is 12.9. The average Bonchev–Trinajstić information content (AvgIpc) is 2.66. The van der Waals surface area contributed by atoms with E-state index in [0.717, 1.165) is 45.3 Å². The Hall–Kier alpha value is -2.07. The lowest BCUT2D eigenvalue weighted by molar-refractivity contribution is 0.121. The molecule has 4 heteroatoms. The second-order valence-corrected chi connectivity index (χ2v) is 8.44. The van der Waals surface area contributed by atoms with Gasteiger partial charge in [-0.05, 0) is 74.9 Å². The Balaban J connectivity index is 1.53. The van der Waals surface area contributed by atoms with Gasteiger partial charge in [-0.1, -0.05) is 37.3 Å². The number of allylic oxidation sites excluding steroid dienone is 3. The van der Waals surface area contributed by atoms with Gasteiger partial charge in [-0.25, -0.2) is 4.79 Å². The van der Waals surface area contributed by atoms with Crippen LogP contribution in [0.15, 0.2) is 48.3 Å². The summed E-state index contributed by atoms with van der Waals surface area (Å²) in [6.45, 7) is 4.86.